The Balaban J connectivity index is 1.95. The Bertz CT molecular complexity index is 562. The van der Waals surface area contributed by atoms with Gasteiger partial charge < -0.3 is 4.74 Å². The summed E-state index contributed by atoms with van der Waals surface area (Å²) >= 11 is 0. The van der Waals surface area contributed by atoms with Gasteiger partial charge in [0.25, 0.3) is 0 Å². The molecular formula is C19H25NO. The third-order valence-corrected chi connectivity index (χ3v) is 4.12. The Labute approximate surface area is 128 Å². The first-order valence-electron chi connectivity index (χ1n) is 7.48. The lowest BCUT2D eigenvalue weighted by Crippen LogP contribution is -2.30. The molecule has 0 spiro atoms. The average molecular weight is 283 g/mol. The molecular weight excluding hydrogens is 258 g/mol. The van der Waals surface area contributed by atoms with Crippen molar-refractivity contribution in [2.75, 3.05) is 14.2 Å². The Morgan fingerprint density at radius 2 is 1.71 bits per heavy atom. The van der Waals surface area contributed by atoms with Crippen LogP contribution in [-0.2, 0) is 13.0 Å². The van der Waals surface area contributed by atoms with E-state index in [4.69, 9.17) is 4.74 Å². The van der Waals surface area contributed by atoms with Gasteiger partial charge in [0.2, 0.25) is 0 Å². The summed E-state index contributed by atoms with van der Waals surface area (Å²) in [5.41, 5.74) is 4.11. The average Bonchev–Trinajstić information content (AvgIpc) is 2.50. The van der Waals surface area contributed by atoms with E-state index in [2.05, 4.69) is 62.2 Å². The highest BCUT2D eigenvalue weighted by Crippen LogP contribution is 2.16. The molecule has 0 heterocycles. The predicted octanol–water partition coefficient (Wildman–Crippen LogP) is 4.07. The normalized spacial score (nSPS) is 12.4. The quantitative estimate of drug-likeness (QED) is 0.792. The van der Waals surface area contributed by atoms with Crippen LogP contribution in [0.5, 0.6) is 5.75 Å². The van der Waals surface area contributed by atoms with Crippen LogP contribution in [0.3, 0.4) is 0 Å². The van der Waals surface area contributed by atoms with Gasteiger partial charge >= 0.3 is 0 Å². The van der Waals surface area contributed by atoms with Gasteiger partial charge in [0, 0.05) is 12.6 Å². The monoisotopic (exact) mass is 283 g/mol. The number of likely N-dealkylation sites (N-methyl/N-ethyl adjacent to an activating group) is 1. The molecule has 112 valence electrons. The smallest absolute Gasteiger partial charge is 0.118 e. The first-order chi connectivity index (χ1) is 10.1. The first kappa shape index (κ1) is 15.6. The van der Waals surface area contributed by atoms with Gasteiger partial charge in [-0.1, -0.05) is 36.4 Å². The molecule has 0 saturated heterocycles. The van der Waals surface area contributed by atoms with E-state index >= 15 is 0 Å². The molecule has 0 aromatic heterocycles. The second kappa shape index (κ2) is 7.28. The second-order valence-corrected chi connectivity index (χ2v) is 5.74. The summed E-state index contributed by atoms with van der Waals surface area (Å²) in [5.74, 6) is 0.916. The van der Waals surface area contributed by atoms with Crippen LogP contribution in [0.15, 0.2) is 48.5 Å². The van der Waals surface area contributed by atoms with E-state index in [0.717, 1.165) is 18.7 Å². The maximum absolute atomic E-state index is 5.20. The molecule has 0 radical (unpaired) electrons. The topological polar surface area (TPSA) is 12.5 Å². The molecule has 0 saturated carbocycles. The number of methoxy groups -OCH3 is 1. The third-order valence-electron chi connectivity index (χ3n) is 4.12. The van der Waals surface area contributed by atoms with E-state index in [1.54, 1.807) is 7.11 Å². The number of benzene rings is 2. The Morgan fingerprint density at radius 3 is 2.33 bits per heavy atom. The summed E-state index contributed by atoms with van der Waals surface area (Å²) in [4.78, 5) is 2.41. The first-order valence-corrected chi connectivity index (χ1v) is 7.48. The van der Waals surface area contributed by atoms with Gasteiger partial charge in [-0.25, -0.2) is 0 Å². The van der Waals surface area contributed by atoms with Crippen LogP contribution in [0.2, 0.25) is 0 Å². The van der Waals surface area contributed by atoms with Gasteiger partial charge in [-0.15, -0.1) is 0 Å². The number of aryl methyl sites for hydroxylation is 1. The SMILES string of the molecule is COc1ccc(CC(C)N(C)Cc2ccccc2C)cc1. The highest BCUT2D eigenvalue weighted by atomic mass is 16.5. The molecule has 2 aromatic carbocycles. The van der Waals surface area contributed by atoms with Gasteiger partial charge in [-0.2, -0.15) is 0 Å². The van der Waals surface area contributed by atoms with Crippen LogP contribution < -0.4 is 4.74 Å². The zero-order valence-corrected chi connectivity index (χ0v) is 13.5. The van der Waals surface area contributed by atoms with Gasteiger partial charge in [0.15, 0.2) is 0 Å². The largest absolute Gasteiger partial charge is 0.497 e. The van der Waals surface area contributed by atoms with E-state index in [1.807, 2.05) is 12.1 Å². The molecule has 0 fully saturated rings. The summed E-state index contributed by atoms with van der Waals surface area (Å²) in [5, 5.41) is 0. The van der Waals surface area contributed by atoms with Crippen LogP contribution in [0.4, 0.5) is 0 Å². The van der Waals surface area contributed by atoms with Crippen molar-refractivity contribution in [1.29, 1.82) is 0 Å². The maximum Gasteiger partial charge on any atom is 0.118 e. The third kappa shape index (κ3) is 4.33. The molecule has 0 aliphatic carbocycles. The van der Waals surface area contributed by atoms with Crippen molar-refractivity contribution in [3.8, 4) is 5.75 Å². The molecule has 1 atom stereocenters. The van der Waals surface area contributed by atoms with E-state index in [0.29, 0.717) is 6.04 Å². The summed E-state index contributed by atoms with van der Waals surface area (Å²) in [6.07, 6.45) is 1.05. The standard InChI is InChI=1S/C19H25NO/c1-15-7-5-6-8-18(15)14-20(3)16(2)13-17-9-11-19(21-4)12-10-17/h5-12,16H,13-14H2,1-4H3. The lowest BCUT2D eigenvalue weighted by atomic mass is 10.0. The lowest BCUT2D eigenvalue weighted by Gasteiger charge is -2.25. The minimum atomic E-state index is 0.498. The van der Waals surface area contributed by atoms with Gasteiger partial charge in [-0.05, 0) is 56.1 Å². The van der Waals surface area contributed by atoms with E-state index < -0.39 is 0 Å². The molecule has 2 heteroatoms. The molecule has 1 unspecified atom stereocenters. The molecule has 0 amide bonds. The minimum absolute atomic E-state index is 0.498. The van der Waals surface area contributed by atoms with Crippen molar-refractivity contribution < 1.29 is 4.74 Å². The summed E-state index contributed by atoms with van der Waals surface area (Å²) in [6, 6.07) is 17.5. The van der Waals surface area contributed by atoms with Crippen LogP contribution >= 0.6 is 0 Å². The van der Waals surface area contributed by atoms with Crippen LogP contribution in [0.1, 0.15) is 23.6 Å². The van der Waals surface area contributed by atoms with E-state index in [-0.39, 0.29) is 0 Å². The summed E-state index contributed by atoms with van der Waals surface area (Å²) in [7, 11) is 3.90. The Morgan fingerprint density at radius 1 is 1.05 bits per heavy atom. The molecule has 2 nitrogen and oxygen atoms in total. The summed E-state index contributed by atoms with van der Waals surface area (Å²) in [6.45, 7) is 5.45. The fourth-order valence-electron chi connectivity index (χ4n) is 2.47. The fourth-order valence-corrected chi connectivity index (χ4v) is 2.47. The van der Waals surface area contributed by atoms with Crippen LogP contribution in [0, 0.1) is 6.92 Å². The van der Waals surface area contributed by atoms with Crippen molar-refractivity contribution in [2.24, 2.45) is 0 Å². The van der Waals surface area contributed by atoms with Crippen molar-refractivity contribution in [3.63, 3.8) is 0 Å². The number of ether oxygens (including phenoxy) is 1. The Kier molecular flexibility index (Phi) is 5.40. The molecule has 0 bridgehead atoms. The molecule has 2 rings (SSSR count). The van der Waals surface area contributed by atoms with Crippen LogP contribution in [0.25, 0.3) is 0 Å². The highest BCUT2D eigenvalue weighted by Gasteiger charge is 2.11. The van der Waals surface area contributed by atoms with E-state index in [9.17, 15) is 0 Å². The molecule has 0 aliphatic rings. The predicted molar refractivity (Wildman–Crippen MR) is 88.8 cm³/mol. The Hall–Kier alpha value is -1.80. The van der Waals surface area contributed by atoms with Crippen molar-refractivity contribution in [1.82, 2.24) is 4.90 Å². The maximum atomic E-state index is 5.20. The zero-order valence-electron chi connectivity index (χ0n) is 13.5. The number of hydrogen-bond acceptors (Lipinski definition) is 2. The fraction of sp³-hybridized carbons (Fsp3) is 0.368. The number of hydrogen-bond donors (Lipinski definition) is 0. The summed E-state index contributed by atoms with van der Waals surface area (Å²) < 4.78 is 5.20. The lowest BCUT2D eigenvalue weighted by molar-refractivity contribution is 0.247. The minimum Gasteiger partial charge on any atom is -0.497 e. The molecule has 0 N–H and O–H groups in total. The molecule has 0 aliphatic heterocycles. The number of nitrogens with zero attached hydrogens (tertiary/aromatic N) is 1. The van der Waals surface area contributed by atoms with E-state index in [1.165, 1.54) is 16.7 Å². The van der Waals surface area contributed by atoms with Gasteiger partial charge in [-0.3, -0.25) is 4.90 Å². The molecule has 2 aromatic rings. The van der Waals surface area contributed by atoms with Crippen molar-refractivity contribution >= 4 is 0 Å². The van der Waals surface area contributed by atoms with Crippen molar-refractivity contribution in [2.45, 2.75) is 32.9 Å². The zero-order chi connectivity index (χ0) is 15.2. The number of rotatable bonds is 6. The molecule has 21 heavy (non-hydrogen) atoms. The van der Waals surface area contributed by atoms with Crippen LogP contribution in [-0.4, -0.2) is 25.1 Å². The van der Waals surface area contributed by atoms with Crippen molar-refractivity contribution in [3.05, 3.63) is 65.2 Å². The second-order valence-electron chi connectivity index (χ2n) is 5.74. The van der Waals surface area contributed by atoms with Gasteiger partial charge in [0.1, 0.15) is 5.75 Å². The van der Waals surface area contributed by atoms with Gasteiger partial charge in [0.05, 0.1) is 7.11 Å². The highest BCUT2D eigenvalue weighted by molar-refractivity contribution is 5.28.